The van der Waals surface area contributed by atoms with Crippen molar-refractivity contribution in [3.63, 3.8) is 0 Å². The molecule has 0 saturated carbocycles. The third kappa shape index (κ3) is 3.48. The van der Waals surface area contributed by atoms with E-state index < -0.39 is 0 Å². The van der Waals surface area contributed by atoms with E-state index in [-0.39, 0.29) is 12.1 Å². The van der Waals surface area contributed by atoms with Crippen molar-refractivity contribution in [1.29, 1.82) is 0 Å². The van der Waals surface area contributed by atoms with E-state index in [2.05, 4.69) is 17.9 Å². The predicted molar refractivity (Wildman–Crippen MR) is 82.9 cm³/mol. The van der Waals surface area contributed by atoms with Gasteiger partial charge in [0.25, 0.3) is 0 Å². The molecule has 2 N–H and O–H groups in total. The summed E-state index contributed by atoms with van der Waals surface area (Å²) in [5.41, 5.74) is 7.14. The Kier molecular flexibility index (Phi) is 5.85. The van der Waals surface area contributed by atoms with Crippen molar-refractivity contribution < 1.29 is 14.2 Å². The zero-order valence-electron chi connectivity index (χ0n) is 13.2. The van der Waals surface area contributed by atoms with Gasteiger partial charge in [0, 0.05) is 25.2 Å². The van der Waals surface area contributed by atoms with Crippen LogP contribution >= 0.6 is 0 Å². The first-order valence-electron chi connectivity index (χ1n) is 7.51. The molecule has 1 saturated heterocycles. The lowest BCUT2D eigenvalue weighted by atomic mass is 10.0. The first kappa shape index (κ1) is 16.1. The van der Waals surface area contributed by atoms with Crippen LogP contribution in [-0.4, -0.2) is 51.5 Å². The van der Waals surface area contributed by atoms with Crippen LogP contribution < -0.4 is 15.2 Å². The molecule has 5 heteroatoms. The molecule has 2 unspecified atom stereocenters. The fraction of sp³-hybridized carbons (Fsp3) is 0.625. The van der Waals surface area contributed by atoms with E-state index in [0.29, 0.717) is 6.54 Å². The van der Waals surface area contributed by atoms with E-state index >= 15 is 0 Å². The number of hydrogen-bond acceptors (Lipinski definition) is 5. The topological polar surface area (TPSA) is 57.0 Å². The van der Waals surface area contributed by atoms with Gasteiger partial charge in [-0.25, -0.2) is 0 Å². The van der Waals surface area contributed by atoms with Gasteiger partial charge in [0.2, 0.25) is 0 Å². The molecular formula is C16H26N2O3. The molecule has 1 heterocycles. The Balaban J connectivity index is 2.28. The molecule has 0 aromatic heterocycles. The Morgan fingerprint density at radius 3 is 2.81 bits per heavy atom. The Morgan fingerprint density at radius 1 is 1.38 bits per heavy atom. The third-order valence-corrected chi connectivity index (χ3v) is 4.08. The van der Waals surface area contributed by atoms with E-state index in [0.717, 1.165) is 43.2 Å². The first-order chi connectivity index (χ1) is 10.2. The van der Waals surface area contributed by atoms with Crippen LogP contribution in [0.1, 0.15) is 24.9 Å². The Labute approximate surface area is 127 Å². The second-order valence-corrected chi connectivity index (χ2v) is 5.23. The Hall–Kier alpha value is -1.30. The van der Waals surface area contributed by atoms with Crippen LogP contribution in [0.3, 0.4) is 0 Å². The molecule has 0 aliphatic carbocycles. The second-order valence-electron chi connectivity index (χ2n) is 5.23. The van der Waals surface area contributed by atoms with Crippen LogP contribution in [0, 0.1) is 0 Å². The lowest BCUT2D eigenvalue weighted by molar-refractivity contribution is -0.0440. The number of methoxy groups -OCH3 is 2. The van der Waals surface area contributed by atoms with E-state index in [1.165, 1.54) is 0 Å². The van der Waals surface area contributed by atoms with Crippen molar-refractivity contribution in [2.75, 3.05) is 40.5 Å². The van der Waals surface area contributed by atoms with Crippen molar-refractivity contribution in [3.05, 3.63) is 23.8 Å². The Morgan fingerprint density at radius 2 is 2.19 bits per heavy atom. The average molecular weight is 294 g/mol. The number of para-hydroxylation sites is 1. The zero-order valence-corrected chi connectivity index (χ0v) is 13.2. The zero-order chi connectivity index (χ0) is 15.2. The van der Waals surface area contributed by atoms with Gasteiger partial charge in [-0.1, -0.05) is 19.1 Å². The van der Waals surface area contributed by atoms with Crippen molar-refractivity contribution >= 4 is 0 Å². The summed E-state index contributed by atoms with van der Waals surface area (Å²) in [7, 11) is 3.32. The highest BCUT2D eigenvalue weighted by atomic mass is 16.5. The number of morpholine rings is 1. The molecule has 2 rings (SSSR count). The first-order valence-corrected chi connectivity index (χ1v) is 7.51. The molecule has 1 aromatic carbocycles. The summed E-state index contributed by atoms with van der Waals surface area (Å²) in [6.45, 7) is 5.23. The van der Waals surface area contributed by atoms with Gasteiger partial charge in [-0.05, 0) is 12.5 Å². The van der Waals surface area contributed by atoms with Crippen LogP contribution in [0.25, 0.3) is 0 Å². The van der Waals surface area contributed by atoms with E-state index in [9.17, 15) is 0 Å². The minimum absolute atomic E-state index is 0.119. The molecule has 0 amide bonds. The fourth-order valence-corrected chi connectivity index (χ4v) is 2.92. The summed E-state index contributed by atoms with van der Waals surface area (Å²) in [6, 6.07) is 6.07. The summed E-state index contributed by atoms with van der Waals surface area (Å²) >= 11 is 0. The van der Waals surface area contributed by atoms with Crippen LogP contribution in [0.4, 0.5) is 0 Å². The van der Waals surface area contributed by atoms with Gasteiger partial charge in [0.15, 0.2) is 11.5 Å². The number of ether oxygens (including phenoxy) is 3. The lowest BCUT2D eigenvalue weighted by Gasteiger charge is -2.38. The maximum absolute atomic E-state index is 6.06. The monoisotopic (exact) mass is 294 g/mol. The quantitative estimate of drug-likeness (QED) is 0.867. The molecular weight excluding hydrogens is 268 g/mol. The third-order valence-electron chi connectivity index (χ3n) is 4.08. The van der Waals surface area contributed by atoms with Crippen molar-refractivity contribution in [2.24, 2.45) is 5.73 Å². The number of hydrogen-bond donors (Lipinski definition) is 1. The molecule has 2 atom stereocenters. The molecule has 1 aliphatic rings. The van der Waals surface area contributed by atoms with Gasteiger partial charge >= 0.3 is 0 Å². The second kappa shape index (κ2) is 7.64. The molecule has 1 aliphatic heterocycles. The number of benzene rings is 1. The van der Waals surface area contributed by atoms with Gasteiger partial charge in [-0.15, -0.1) is 0 Å². The minimum atomic E-state index is 0.119. The molecule has 21 heavy (non-hydrogen) atoms. The maximum Gasteiger partial charge on any atom is 0.165 e. The van der Waals surface area contributed by atoms with Gasteiger partial charge in [0.05, 0.1) is 33.0 Å². The SMILES string of the molecule is CCC1CN(C(CN)c2cccc(OC)c2OC)CCO1. The molecule has 0 spiro atoms. The molecule has 5 nitrogen and oxygen atoms in total. The maximum atomic E-state index is 6.06. The molecule has 1 fully saturated rings. The standard InChI is InChI=1S/C16H26N2O3/c1-4-12-11-18(8-9-21-12)14(10-17)13-6-5-7-15(19-2)16(13)20-3/h5-7,12,14H,4,8-11,17H2,1-3H3. The molecule has 118 valence electrons. The molecule has 0 bridgehead atoms. The van der Waals surface area contributed by atoms with Gasteiger partial charge < -0.3 is 19.9 Å². The van der Waals surface area contributed by atoms with Crippen LogP contribution in [0.2, 0.25) is 0 Å². The minimum Gasteiger partial charge on any atom is -0.493 e. The number of rotatable bonds is 6. The average Bonchev–Trinajstić information content (AvgIpc) is 2.55. The smallest absolute Gasteiger partial charge is 0.165 e. The Bertz CT molecular complexity index is 453. The van der Waals surface area contributed by atoms with Crippen molar-refractivity contribution in [1.82, 2.24) is 4.90 Å². The van der Waals surface area contributed by atoms with Crippen LogP contribution in [0.5, 0.6) is 11.5 Å². The van der Waals surface area contributed by atoms with Crippen molar-refractivity contribution in [3.8, 4) is 11.5 Å². The molecule has 0 radical (unpaired) electrons. The highest BCUT2D eigenvalue weighted by Gasteiger charge is 2.28. The summed E-state index contributed by atoms with van der Waals surface area (Å²) in [6.07, 6.45) is 1.30. The fourth-order valence-electron chi connectivity index (χ4n) is 2.92. The van der Waals surface area contributed by atoms with E-state index in [1.807, 2.05) is 12.1 Å². The lowest BCUT2D eigenvalue weighted by Crippen LogP contribution is -2.46. The normalized spacial score (nSPS) is 21.0. The highest BCUT2D eigenvalue weighted by molar-refractivity contribution is 5.48. The highest BCUT2D eigenvalue weighted by Crippen LogP contribution is 2.37. The predicted octanol–water partition coefficient (Wildman–Crippen LogP) is 1.81. The van der Waals surface area contributed by atoms with Gasteiger partial charge in [-0.3, -0.25) is 4.90 Å². The summed E-state index contributed by atoms with van der Waals surface area (Å²) in [5, 5.41) is 0. The summed E-state index contributed by atoms with van der Waals surface area (Å²) in [4.78, 5) is 2.38. The number of nitrogens with two attached hydrogens (primary N) is 1. The van der Waals surface area contributed by atoms with Gasteiger partial charge in [-0.2, -0.15) is 0 Å². The van der Waals surface area contributed by atoms with E-state index in [4.69, 9.17) is 19.9 Å². The van der Waals surface area contributed by atoms with Crippen LogP contribution in [-0.2, 0) is 4.74 Å². The van der Waals surface area contributed by atoms with Gasteiger partial charge in [0.1, 0.15) is 0 Å². The largest absolute Gasteiger partial charge is 0.493 e. The summed E-state index contributed by atoms with van der Waals surface area (Å²) < 4.78 is 16.7. The van der Waals surface area contributed by atoms with Crippen molar-refractivity contribution in [2.45, 2.75) is 25.5 Å². The van der Waals surface area contributed by atoms with Crippen LogP contribution in [0.15, 0.2) is 18.2 Å². The van der Waals surface area contributed by atoms with E-state index in [1.54, 1.807) is 14.2 Å². The molecule has 1 aromatic rings. The summed E-state index contributed by atoms with van der Waals surface area (Å²) in [5.74, 6) is 1.52. The number of nitrogens with zero attached hydrogens (tertiary/aromatic N) is 1.